The van der Waals surface area contributed by atoms with Crippen LogP contribution in [-0.4, -0.2) is 29.2 Å². The minimum atomic E-state index is -3.31. The molecule has 0 bridgehead atoms. The molecule has 0 aromatic carbocycles. The first-order valence-corrected chi connectivity index (χ1v) is 7.06. The Balaban J connectivity index is 2.42. The Kier molecular flexibility index (Phi) is 3.33. The molecule has 1 aromatic rings. The second-order valence-corrected chi connectivity index (χ2v) is 6.01. The molecule has 6 nitrogen and oxygen atoms in total. The average molecular weight is 267 g/mol. The summed E-state index contributed by atoms with van der Waals surface area (Å²) in [5.41, 5.74) is 0.445. The van der Waals surface area contributed by atoms with Crippen LogP contribution in [-0.2, 0) is 9.84 Å². The molecule has 0 amide bonds. The Morgan fingerprint density at radius 2 is 2.17 bits per heavy atom. The molecule has 1 aliphatic rings. The fourth-order valence-corrected chi connectivity index (χ4v) is 2.80. The summed E-state index contributed by atoms with van der Waals surface area (Å²) in [4.78, 5) is 7.95. The van der Waals surface area contributed by atoms with E-state index in [4.69, 9.17) is 5.11 Å². The number of dihydropyridines is 1. The van der Waals surface area contributed by atoms with Gasteiger partial charge in [-0.15, -0.1) is 0 Å². The molecular formula is C11H13N3O3S. The van der Waals surface area contributed by atoms with Crippen LogP contribution in [0, 0.1) is 0 Å². The fraction of sp³-hybridized carbons (Fsp3) is 0.273. The molecular weight excluding hydrogens is 254 g/mol. The molecule has 1 aromatic heterocycles. The van der Waals surface area contributed by atoms with E-state index in [1.54, 1.807) is 25.3 Å². The summed E-state index contributed by atoms with van der Waals surface area (Å²) in [5, 5.41) is 12.0. The van der Waals surface area contributed by atoms with Crippen LogP contribution in [0.3, 0.4) is 0 Å². The Hall–Kier alpha value is -1.89. The predicted molar refractivity (Wildman–Crippen MR) is 66.3 cm³/mol. The molecule has 0 fully saturated rings. The molecule has 96 valence electrons. The standard InChI is InChI=1S/C11H13N3O3S/c1-2-18(16,17)9-4-3-5-12-11(9)8-6-14-10(15)7-13-8/h3-7,11-12H,2H2,1H3,(H,14,15). The Morgan fingerprint density at radius 1 is 1.39 bits per heavy atom. The highest BCUT2D eigenvalue weighted by molar-refractivity contribution is 7.95. The van der Waals surface area contributed by atoms with Gasteiger partial charge in [-0.1, -0.05) is 6.92 Å². The normalized spacial score (nSPS) is 19.2. The number of rotatable bonds is 3. The number of sulfone groups is 1. The maximum absolute atomic E-state index is 12.0. The van der Waals surface area contributed by atoms with Gasteiger partial charge in [0.2, 0.25) is 5.88 Å². The predicted octanol–water partition coefficient (Wildman–Crippen LogP) is 0.659. The minimum absolute atomic E-state index is 0.0242. The second kappa shape index (κ2) is 4.77. The summed E-state index contributed by atoms with van der Waals surface area (Å²) in [7, 11) is -3.31. The summed E-state index contributed by atoms with van der Waals surface area (Å²) in [5.74, 6) is -0.176. The molecule has 2 N–H and O–H groups in total. The van der Waals surface area contributed by atoms with Gasteiger partial charge < -0.3 is 10.4 Å². The highest BCUT2D eigenvalue weighted by atomic mass is 32.2. The lowest BCUT2D eigenvalue weighted by Crippen LogP contribution is -2.26. The van der Waals surface area contributed by atoms with Crippen molar-refractivity contribution in [2.24, 2.45) is 0 Å². The maximum atomic E-state index is 12.0. The number of aromatic nitrogens is 2. The largest absolute Gasteiger partial charge is 0.492 e. The molecule has 1 atom stereocenters. The number of hydrogen-bond acceptors (Lipinski definition) is 6. The van der Waals surface area contributed by atoms with Crippen molar-refractivity contribution in [1.29, 1.82) is 0 Å². The van der Waals surface area contributed by atoms with E-state index in [1.165, 1.54) is 12.4 Å². The third-order valence-corrected chi connectivity index (χ3v) is 4.45. The monoisotopic (exact) mass is 267 g/mol. The van der Waals surface area contributed by atoms with E-state index in [2.05, 4.69) is 15.3 Å². The number of hydrogen-bond donors (Lipinski definition) is 2. The molecule has 7 heteroatoms. The van der Waals surface area contributed by atoms with Gasteiger partial charge in [0, 0.05) is 0 Å². The molecule has 2 rings (SSSR count). The summed E-state index contributed by atoms with van der Waals surface area (Å²) in [6, 6.07) is -0.562. The third kappa shape index (κ3) is 2.35. The number of nitrogens with zero attached hydrogens (tertiary/aromatic N) is 2. The van der Waals surface area contributed by atoms with Crippen molar-refractivity contribution in [3.8, 4) is 5.88 Å². The van der Waals surface area contributed by atoms with E-state index in [0.717, 1.165) is 0 Å². The molecule has 0 aliphatic carbocycles. The van der Waals surface area contributed by atoms with Gasteiger partial charge in [-0.3, -0.25) is 4.98 Å². The van der Waals surface area contributed by atoms with Crippen LogP contribution in [0.5, 0.6) is 5.88 Å². The SMILES string of the molecule is CCS(=O)(=O)C1=CC=CNC1c1cnc(O)cn1. The van der Waals surface area contributed by atoms with E-state index in [0.29, 0.717) is 5.69 Å². The lowest BCUT2D eigenvalue weighted by atomic mass is 10.1. The minimum Gasteiger partial charge on any atom is -0.492 e. The van der Waals surface area contributed by atoms with Crippen LogP contribution < -0.4 is 5.32 Å². The second-order valence-electron chi connectivity index (χ2n) is 3.73. The smallest absolute Gasteiger partial charge is 0.229 e. The Morgan fingerprint density at radius 3 is 2.78 bits per heavy atom. The van der Waals surface area contributed by atoms with Gasteiger partial charge in [0.1, 0.15) is 6.04 Å². The summed E-state index contributed by atoms with van der Waals surface area (Å²) >= 11 is 0. The van der Waals surface area contributed by atoms with E-state index in [-0.39, 0.29) is 16.5 Å². The molecule has 0 spiro atoms. The van der Waals surface area contributed by atoms with Crippen LogP contribution in [0.1, 0.15) is 18.7 Å². The van der Waals surface area contributed by atoms with Gasteiger partial charge in [0.25, 0.3) is 0 Å². The zero-order chi connectivity index (χ0) is 13.2. The Labute approximate surface area is 105 Å². The van der Waals surface area contributed by atoms with E-state index >= 15 is 0 Å². The van der Waals surface area contributed by atoms with Gasteiger partial charge in [0.15, 0.2) is 9.84 Å². The quantitative estimate of drug-likeness (QED) is 0.835. The van der Waals surface area contributed by atoms with Gasteiger partial charge in [-0.2, -0.15) is 0 Å². The third-order valence-electron chi connectivity index (χ3n) is 2.60. The summed E-state index contributed by atoms with van der Waals surface area (Å²) in [6.45, 7) is 1.59. The fourth-order valence-electron chi connectivity index (χ4n) is 1.63. The summed E-state index contributed by atoms with van der Waals surface area (Å²) < 4.78 is 23.9. The highest BCUT2D eigenvalue weighted by Gasteiger charge is 2.28. The van der Waals surface area contributed by atoms with Crippen molar-refractivity contribution < 1.29 is 13.5 Å². The maximum Gasteiger partial charge on any atom is 0.229 e. The molecule has 1 unspecified atom stereocenters. The molecule has 0 saturated heterocycles. The van der Waals surface area contributed by atoms with Gasteiger partial charge in [0.05, 0.1) is 28.7 Å². The molecule has 2 heterocycles. The first-order chi connectivity index (χ1) is 8.54. The lowest BCUT2D eigenvalue weighted by Gasteiger charge is -2.22. The zero-order valence-corrected chi connectivity index (χ0v) is 10.6. The van der Waals surface area contributed by atoms with Crippen molar-refractivity contribution in [1.82, 2.24) is 15.3 Å². The van der Waals surface area contributed by atoms with Crippen LogP contribution in [0.4, 0.5) is 0 Å². The number of allylic oxidation sites excluding steroid dienone is 2. The van der Waals surface area contributed by atoms with Crippen molar-refractivity contribution in [2.75, 3.05) is 5.75 Å². The molecule has 0 radical (unpaired) electrons. The number of nitrogens with one attached hydrogen (secondary N) is 1. The van der Waals surface area contributed by atoms with Crippen LogP contribution in [0.25, 0.3) is 0 Å². The van der Waals surface area contributed by atoms with Gasteiger partial charge in [-0.25, -0.2) is 13.4 Å². The van der Waals surface area contributed by atoms with Gasteiger partial charge in [-0.05, 0) is 18.4 Å². The van der Waals surface area contributed by atoms with E-state index < -0.39 is 15.9 Å². The van der Waals surface area contributed by atoms with E-state index in [9.17, 15) is 8.42 Å². The molecule has 1 aliphatic heterocycles. The van der Waals surface area contributed by atoms with Crippen molar-refractivity contribution >= 4 is 9.84 Å². The van der Waals surface area contributed by atoms with E-state index in [1.807, 2.05) is 0 Å². The van der Waals surface area contributed by atoms with Crippen LogP contribution in [0.2, 0.25) is 0 Å². The average Bonchev–Trinajstić information content (AvgIpc) is 2.40. The Bertz CT molecular complexity index is 590. The van der Waals surface area contributed by atoms with Crippen LogP contribution in [0.15, 0.2) is 35.7 Å². The van der Waals surface area contributed by atoms with Crippen molar-refractivity contribution in [2.45, 2.75) is 13.0 Å². The topological polar surface area (TPSA) is 92.2 Å². The van der Waals surface area contributed by atoms with Crippen molar-refractivity contribution in [3.63, 3.8) is 0 Å². The van der Waals surface area contributed by atoms with Gasteiger partial charge >= 0.3 is 0 Å². The first-order valence-electron chi connectivity index (χ1n) is 5.41. The van der Waals surface area contributed by atoms with Crippen LogP contribution >= 0.6 is 0 Å². The van der Waals surface area contributed by atoms with Crippen molar-refractivity contribution in [3.05, 3.63) is 41.3 Å². The zero-order valence-electron chi connectivity index (χ0n) is 9.74. The number of aromatic hydroxyl groups is 1. The molecule has 18 heavy (non-hydrogen) atoms. The first kappa shape index (κ1) is 12.6. The summed E-state index contributed by atoms with van der Waals surface area (Å²) in [6.07, 6.45) is 7.37. The lowest BCUT2D eigenvalue weighted by molar-refractivity contribution is 0.448. The molecule has 0 saturated carbocycles. The highest BCUT2D eigenvalue weighted by Crippen LogP contribution is 2.27.